The van der Waals surface area contributed by atoms with Gasteiger partial charge < -0.3 is 4.90 Å². The van der Waals surface area contributed by atoms with Crippen LogP contribution in [-0.4, -0.2) is 23.9 Å². The summed E-state index contributed by atoms with van der Waals surface area (Å²) in [5, 5.41) is 0.545. The summed E-state index contributed by atoms with van der Waals surface area (Å²) in [6.45, 7) is 1.79. The number of piperidine rings is 1. The lowest BCUT2D eigenvalue weighted by Crippen LogP contribution is -2.44. The second kappa shape index (κ2) is 6.07. The third-order valence-electron chi connectivity index (χ3n) is 4.74. The molecule has 0 spiro atoms. The lowest BCUT2D eigenvalue weighted by molar-refractivity contribution is 0.0521. The largest absolute Gasteiger partial charge is 0.338 e. The van der Waals surface area contributed by atoms with E-state index in [9.17, 15) is 4.79 Å². The minimum absolute atomic E-state index is 0.0836. The normalized spacial score (nSPS) is 26.2. The number of fused-ring (bicyclic) bond motifs is 1. The number of carbonyl (C=O) groups excluding carboxylic acids is 1. The molecule has 1 amide bonds. The zero-order chi connectivity index (χ0) is 14.1. The number of nitrogens with zero attached hydrogens (tertiary/aromatic N) is 1. The van der Waals surface area contributed by atoms with Gasteiger partial charge in [0.15, 0.2) is 0 Å². The van der Waals surface area contributed by atoms with E-state index >= 15 is 0 Å². The predicted molar refractivity (Wildman–Crippen MR) is 85.1 cm³/mol. The Balaban J connectivity index is 1.76. The molecule has 1 aromatic rings. The molecule has 1 saturated heterocycles. The van der Waals surface area contributed by atoms with Gasteiger partial charge in [-0.1, -0.05) is 46.8 Å². The number of hydrogen-bond acceptors (Lipinski definition) is 1. The Bertz CT molecular complexity index is 519. The lowest BCUT2D eigenvalue weighted by atomic mass is 9.75. The number of rotatable bonds is 1. The lowest BCUT2D eigenvalue weighted by Gasteiger charge is -2.41. The molecule has 0 N–H and O–H groups in total. The molecule has 2 atom stereocenters. The van der Waals surface area contributed by atoms with Crippen molar-refractivity contribution in [2.45, 2.75) is 32.1 Å². The van der Waals surface area contributed by atoms with Gasteiger partial charge in [-0.05, 0) is 42.9 Å². The van der Waals surface area contributed by atoms with Crippen LogP contribution in [0.5, 0.6) is 0 Å². The molecule has 2 aliphatic rings. The quantitative estimate of drug-likeness (QED) is 0.710. The second-order valence-corrected chi connectivity index (χ2v) is 7.29. The van der Waals surface area contributed by atoms with Crippen molar-refractivity contribution >= 4 is 33.4 Å². The van der Waals surface area contributed by atoms with Crippen LogP contribution in [0.25, 0.3) is 0 Å². The fourth-order valence-electron chi connectivity index (χ4n) is 3.62. The van der Waals surface area contributed by atoms with Crippen LogP contribution in [-0.2, 0) is 0 Å². The first-order chi connectivity index (χ1) is 9.65. The highest BCUT2D eigenvalue weighted by Gasteiger charge is 2.33. The van der Waals surface area contributed by atoms with Crippen molar-refractivity contribution in [2.24, 2.45) is 11.8 Å². The van der Waals surface area contributed by atoms with Gasteiger partial charge >= 0.3 is 0 Å². The average Bonchev–Trinajstić information content (AvgIpc) is 2.48. The van der Waals surface area contributed by atoms with E-state index in [0.717, 1.165) is 29.9 Å². The van der Waals surface area contributed by atoms with Crippen molar-refractivity contribution in [2.75, 3.05) is 13.1 Å². The molecule has 2 nitrogen and oxygen atoms in total. The second-order valence-electron chi connectivity index (χ2n) is 5.97. The highest BCUT2D eigenvalue weighted by atomic mass is 79.9. The molecule has 1 saturated carbocycles. The summed E-state index contributed by atoms with van der Waals surface area (Å²) >= 11 is 9.59. The summed E-state index contributed by atoms with van der Waals surface area (Å²) in [7, 11) is 0. The summed E-state index contributed by atoms with van der Waals surface area (Å²) in [6, 6.07) is 5.48. The fraction of sp³-hybridized carbons (Fsp3) is 0.562. The van der Waals surface area contributed by atoms with E-state index in [1.54, 1.807) is 6.07 Å². The first kappa shape index (κ1) is 14.4. The van der Waals surface area contributed by atoms with Crippen LogP contribution in [0.15, 0.2) is 22.7 Å². The highest BCUT2D eigenvalue weighted by molar-refractivity contribution is 9.10. The monoisotopic (exact) mass is 355 g/mol. The van der Waals surface area contributed by atoms with E-state index in [4.69, 9.17) is 11.6 Å². The first-order valence-electron chi connectivity index (χ1n) is 7.39. The van der Waals surface area contributed by atoms with Crippen LogP contribution >= 0.6 is 27.5 Å². The van der Waals surface area contributed by atoms with E-state index in [2.05, 4.69) is 15.9 Å². The molecule has 1 heterocycles. The zero-order valence-electron chi connectivity index (χ0n) is 11.4. The Morgan fingerprint density at radius 3 is 2.75 bits per heavy atom. The number of halogens is 2. The summed E-state index contributed by atoms with van der Waals surface area (Å²) in [4.78, 5) is 14.7. The van der Waals surface area contributed by atoms with Gasteiger partial charge in [-0.2, -0.15) is 0 Å². The van der Waals surface area contributed by atoms with Crippen molar-refractivity contribution in [3.05, 3.63) is 33.3 Å². The molecule has 0 unspecified atom stereocenters. The Morgan fingerprint density at radius 1 is 1.20 bits per heavy atom. The van der Waals surface area contributed by atoms with Crippen LogP contribution < -0.4 is 0 Å². The predicted octanol–water partition coefficient (Wildman–Crippen LogP) is 4.75. The standard InChI is InChI=1S/C16H19BrClNO/c17-13-5-6-15(18)14(9-13)16(20)19-8-7-11-3-1-2-4-12(11)10-19/h5-6,9,11-12H,1-4,7-8,10H2/t11-,12+/m1/s1. The summed E-state index contributed by atoms with van der Waals surface area (Å²) < 4.78 is 0.901. The van der Waals surface area contributed by atoms with Crippen molar-refractivity contribution in [1.82, 2.24) is 4.90 Å². The van der Waals surface area contributed by atoms with E-state index < -0.39 is 0 Å². The van der Waals surface area contributed by atoms with Crippen LogP contribution in [0.4, 0.5) is 0 Å². The van der Waals surface area contributed by atoms with Crippen LogP contribution in [0.3, 0.4) is 0 Å². The Labute approximate surface area is 133 Å². The van der Waals surface area contributed by atoms with Gasteiger partial charge in [0.05, 0.1) is 10.6 Å². The molecule has 0 bridgehead atoms. The molecule has 1 aliphatic carbocycles. The van der Waals surface area contributed by atoms with Crippen molar-refractivity contribution < 1.29 is 4.79 Å². The summed E-state index contributed by atoms with van der Waals surface area (Å²) in [5.74, 6) is 1.62. The van der Waals surface area contributed by atoms with Gasteiger partial charge in [-0.15, -0.1) is 0 Å². The molecule has 4 heteroatoms. The van der Waals surface area contributed by atoms with Crippen molar-refractivity contribution in [3.63, 3.8) is 0 Å². The number of hydrogen-bond donors (Lipinski definition) is 0. The van der Waals surface area contributed by atoms with E-state index in [1.807, 2.05) is 17.0 Å². The number of benzene rings is 1. The molecule has 0 aromatic heterocycles. The first-order valence-corrected chi connectivity index (χ1v) is 8.56. The average molecular weight is 357 g/mol. The van der Waals surface area contributed by atoms with E-state index in [0.29, 0.717) is 16.5 Å². The Hall–Kier alpha value is -0.540. The van der Waals surface area contributed by atoms with Gasteiger partial charge in [-0.25, -0.2) is 0 Å². The Morgan fingerprint density at radius 2 is 1.95 bits per heavy atom. The van der Waals surface area contributed by atoms with Gasteiger partial charge in [0.25, 0.3) is 5.91 Å². The van der Waals surface area contributed by atoms with Crippen molar-refractivity contribution in [1.29, 1.82) is 0 Å². The van der Waals surface area contributed by atoms with Crippen LogP contribution in [0.1, 0.15) is 42.5 Å². The van der Waals surface area contributed by atoms with Gasteiger partial charge in [-0.3, -0.25) is 4.79 Å². The maximum absolute atomic E-state index is 12.7. The molecule has 20 heavy (non-hydrogen) atoms. The molecule has 1 aliphatic heterocycles. The Kier molecular flexibility index (Phi) is 4.37. The van der Waals surface area contributed by atoms with Gasteiger partial charge in [0.2, 0.25) is 0 Å². The number of likely N-dealkylation sites (tertiary alicyclic amines) is 1. The minimum Gasteiger partial charge on any atom is -0.338 e. The molecule has 1 aromatic carbocycles. The van der Waals surface area contributed by atoms with Crippen molar-refractivity contribution in [3.8, 4) is 0 Å². The summed E-state index contributed by atoms with van der Waals surface area (Å²) in [6.07, 6.45) is 6.47. The number of amides is 1. The third-order valence-corrected chi connectivity index (χ3v) is 5.56. The zero-order valence-corrected chi connectivity index (χ0v) is 13.8. The molecule has 108 valence electrons. The number of carbonyl (C=O) groups is 1. The fourth-order valence-corrected chi connectivity index (χ4v) is 4.18. The van der Waals surface area contributed by atoms with Crippen LogP contribution in [0, 0.1) is 11.8 Å². The van der Waals surface area contributed by atoms with Crippen LogP contribution in [0.2, 0.25) is 5.02 Å². The molecule has 3 rings (SSSR count). The topological polar surface area (TPSA) is 20.3 Å². The van der Waals surface area contributed by atoms with E-state index in [-0.39, 0.29) is 5.91 Å². The maximum atomic E-state index is 12.7. The minimum atomic E-state index is 0.0836. The van der Waals surface area contributed by atoms with E-state index in [1.165, 1.54) is 25.7 Å². The van der Waals surface area contributed by atoms with Gasteiger partial charge in [0, 0.05) is 17.6 Å². The SMILES string of the molecule is O=C(c1cc(Br)ccc1Cl)N1CC[C@H]2CCCC[C@H]2C1. The summed E-state index contributed by atoms with van der Waals surface area (Å²) in [5.41, 5.74) is 0.621. The maximum Gasteiger partial charge on any atom is 0.255 e. The molecule has 0 radical (unpaired) electrons. The molecular formula is C16H19BrClNO. The highest BCUT2D eigenvalue weighted by Crippen LogP contribution is 2.36. The molecule has 2 fully saturated rings. The third kappa shape index (κ3) is 2.89. The molecular weight excluding hydrogens is 338 g/mol. The van der Waals surface area contributed by atoms with Gasteiger partial charge in [0.1, 0.15) is 0 Å². The smallest absolute Gasteiger partial charge is 0.255 e.